The summed E-state index contributed by atoms with van der Waals surface area (Å²) in [5, 5.41) is 4.54. The molecule has 1 aliphatic rings. The first-order valence-corrected chi connectivity index (χ1v) is 11.9. The van der Waals surface area contributed by atoms with Gasteiger partial charge in [0.15, 0.2) is 0 Å². The van der Waals surface area contributed by atoms with Crippen molar-refractivity contribution in [3.8, 4) is 5.75 Å². The number of nitrogens with one attached hydrogen (secondary N) is 1. The zero-order chi connectivity index (χ0) is 23.0. The Balaban J connectivity index is 1.65. The number of ether oxygens (including phenoxy) is 1. The molecule has 33 heavy (non-hydrogen) atoms. The summed E-state index contributed by atoms with van der Waals surface area (Å²) >= 11 is 12.4. The highest BCUT2D eigenvalue weighted by Crippen LogP contribution is 2.31. The number of nitrogens with zero attached hydrogens (tertiary/aromatic N) is 2. The molecule has 0 bridgehead atoms. The average Bonchev–Trinajstić information content (AvgIpc) is 2.86. The third-order valence-electron chi connectivity index (χ3n) is 5.86. The minimum atomic E-state index is -0.347. The number of halogens is 2. The number of amides is 1. The van der Waals surface area contributed by atoms with Gasteiger partial charge in [-0.25, -0.2) is 0 Å². The van der Waals surface area contributed by atoms with Gasteiger partial charge in [-0.3, -0.25) is 9.78 Å². The highest BCUT2D eigenvalue weighted by Gasteiger charge is 2.33. The van der Waals surface area contributed by atoms with Crippen LogP contribution in [0, 0.1) is 5.92 Å². The van der Waals surface area contributed by atoms with Gasteiger partial charge in [0.1, 0.15) is 12.4 Å². The molecule has 5 nitrogen and oxygen atoms in total. The lowest BCUT2D eigenvalue weighted by molar-refractivity contribution is -0.138. The summed E-state index contributed by atoms with van der Waals surface area (Å²) in [6.45, 7) is 2.40. The van der Waals surface area contributed by atoms with Crippen molar-refractivity contribution in [1.29, 1.82) is 0 Å². The lowest BCUT2D eigenvalue weighted by Gasteiger charge is -2.35. The van der Waals surface area contributed by atoms with Crippen LogP contribution in [0.4, 0.5) is 0 Å². The van der Waals surface area contributed by atoms with Crippen molar-refractivity contribution in [2.45, 2.75) is 18.9 Å². The summed E-state index contributed by atoms with van der Waals surface area (Å²) in [5.41, 5.74) is 1.76. The SMILES string of the molecule is O=C(C1CCNCC1)N(CCOc1ccccc1Cl)C(c1ccc(Cl)cc1)c1ccccn1. The Morgan fingerprint density at radius 2 is 1.76 bits per heavy atom. The smallest absolute Gasteiger partial charge is 0.226 e. The van der Waals surface area contributed by atoms with Crippen molar-refractivity contribution in [1.82, 2.24) is 15.2 Å². The number of carbonyl (C=O) groups excluding carboxylic acids is 1. The number of hydrogen-bond acceptors (Lipinski definition) is 4. The van der Waals surface area contributed by atoms with Crippen LogP contribution in [0.3, 0.4) is 0 Å². The van der Waals surface area contributed by atoms with E-state index in [1.54, 1.807) is 12.3 Å². The maximum atomic E-state index is 13.8. The van der Waals surface area contributed by atoms with Crippen molar-refractivity contribution in [2.24, 2.45) is 5.92 Å². The van der Waals surface area contributed by atoms with E-state index in [1.807, 2.05) is 65.6 Å². The van der Waals surface area contributed by atoms with Crippen molar-refractivity contribution < 1.29 is 9.53 Å². The topological polar surface area (TPSA) is 54.5 Å². The van der Waals surface area contributed by atoms with Gasteiger partial charge in [0.2, 0.25) is 5.91 Å². The Kier molecular flexibility index (Phi) is 8.21. The minimum Gasteiger partial charge on any atom is -0.490 e. The van der Waals surface area contributed by atoms with Crippen LogP contribution in [0.25, 0.3) is 0 Å². The van der Waals surface area contributed by atoms with Gasteiger partial charge in [0.05, 0.1) is 23.3 Å². The molecule has 1 aromatic heterocycles. The first-order chi connectivity index (χ1) is 16.1. The van der Waals surface area contributed by atoms with Crippen LogP contribution in [-0.4, -0.2) is 42.0 Å². The molecular formula is C26H27Cl2N3O2. The van der Waals surface area contributed by atoms with E-state index in [4.69, 9.17) is 27.9 Å². The normalized spacial score (nSPS) is 15.1. The van der Waals surface area contributed by atoms with Gasteiger partial charge in [0, 0.05) is 17.1 Å². The number of para-hydroxylation sites is 1. The van der Waals surface area contributed by atoms with Gasteiger partial charge in [-0.1, -0.05) is 53.5 Å². The second kappa shape index (κ2) is 11.5. The number of benzene rings is 2. The summed E-state index contributed by atoms with van der Waals surface area (Å²) < 4.78 is 5.97. The van der Waals surface area contributed by atoms with Gasteiger partial charge in [-0.15, -0.1) is 0 Å². The molecule has 0 aliphatic carbocycles. The van der Waals surface area contributed by atoms with E-state index in [0.29, 0.717) is 28.9 Å². The Labute approximate surface area is 204 Å². The molecule has 1 saturated heterocycles. The van der Waals surface area contributed by atoms with Gasteiger partial charge in [0.25, 0.3) is 0 Å². The fraction of sp³-hybridized carbons (Fsp3) is 0.308. The Morgan fingerprint density at radius 3 is 2.45 bits per heavy atom. The number of carbonyl (C=O) groups is 1. The van der Waals surface area contributed by atoms with Crippen molar-refractivity contribution in [2.75, 3.05) is 26.2 Å². The highest BCUT2D eigenvalue weighted by molar-refractivity contribution is 6.32. The van der Waals surface area contributed by atoms with Crippen LogP contribution in [0.1, 0.15) is 30.1 Å². The van der Waals surface area contributed by atoms with Crippen molar-refractivity contribution >= 4 is 29.1 Å². The minimum absolute atomic E-state index is 0.0370. The second-order valence-corrected chi connectivity index (χ2v) is 8.89. The highest BCUT2D eigenvalue weighted by atomic mass is 35.5. The molecule has 1 aliphatic heterocycles. The van der Waals surface area contributed by atoms with Crippen LogP contribution in [0.5, 0.6) is 5.75 Å². The Morgan fingerprint density at radius 1 is 1.03 bits per heavy atom. The first kappa shape index (κ1) is 23.6. The molecule has 2 aromatic carbocycles. The summed E-state index contributed by atoms with van der Waals surface area (Å²) in [6.07, 6.45) is 3.39. The van der Waals surface area contributed by atoms with Crippen molar-refractivity contribution in [3.63, 3.8) is 0 Å². The zero-order valence-corrected chi connectivity index (χ0v) is 19.8. The molecule has 1 fully saturated rings. The van der Waals surface area contributed by atoms with E-state index in [9.17, 15) is 4.79 Å². The Hall–Kier alpha value is -2.60. The van der Waals surface area contributed by atoms with E-state index in [0.717, 1.165) is 37.2 Å². The van der Waals surface area contributed by atoms with Crippen LogP contribution in [-0.2, 0) is 4.79 Å². The molecule has 4 rings (SSSR count). The van der Waals surface area contributed by atoms with Crippen LogP contribution in [0.15, 0.2) is 72.9 Å². The summed E-state index contributed by atoms with van der Waals surface area (Å²) in [7, 11) is 0. The second-order valence-electron chi connectivity index (χ2n) is 8.04. The van der Waals surface area contributed by atoms with E-state index >= 15 is 0 Å². The van der Waals surface area contributed by atoms with E-state index in [2.05, 4.69) is 10.3 Å². The summed E-state index contributed by atoms with van der Waals surface area (Å²) in [5.74, 6) is 0.684. The molecule has 0 radical (unpaired) electrons. The third kappa shape index (κ3) is 6.05. The Bertz CT molecular complexity index is 1040. The molecule has 3 aromatic rings. The maximum absolute atomic E-state index is 13.8. The van der Waals surface area contributed by atoms with Crippen LogP contribution < -0.4 is 10.1 Å². The van der Waals surface area contributed by atoms with Gasteiger partial charge in [-0.05, 0) is 67.9 Å². The summed E-state index contributed by atoms with van der Waals surface area (Å²) in [6, 6.07) is 20.4. The van der Waals surface area contributed by atoms with Crippen molar-refractivity contribution in [3.05, 3.63) is 94.2 Å². The van der Waals surface area contributed by atoms with E-state index in [-0.39, 0.29) is 17.9 Å². The molecule has 1 amide bonds. The molecule has 1 N–H and O–H groups in total. The zero-order valence-electron chi connectivity index (χ0n) is 18.3. The monoisotopic (exact) mass is 483 g/mol. The number of aromatic nitrogens is 1. The van der Waals surface area contributed by atoms with Gasteiger partial charge in [-0.2, -0.15) is 0 Å². The third-order valence-corrected chi connectivity index (χ3v) is 6.43. The van der Waals surface area contributed by atoms with Gasteiger partial charge < -0.3 is 15.0 Å². The predicted octanol–water partition coefficient (Wildman–Crippen LogP) is 5.39. The lowest BCUT2D eigenvalue weighted by Crippen LogP contribution is -2.45. The fourth-order valence-corrected chi connectivity index (χ4v) is 4.50. The first-order valence-electron chi connectivity index (χ1n) is 11.2. The number of pyridine rings is 1. The number of piperidine rings is 1. The van der Waals surface area contributed by atoms with E-state index in [1.165, 1.54) is 0 Å². The molecule has 7 heteroatoms. The fourth-order valence-electron chi connectivity index (χ4n) is 4.18. The molecule has 2 heterocycles. The number of rotatable bonds is 8. The van der Waals surface area contributed by atoms with E-state index < -0.39 is 0 Å². The summed E-state index contributed by atoms with van der Waals surface area (Å²) in [4.78, 5) is 20.3. The average molecular weight is 484 g/mol. The van der Waals surface area contributed by atoms with Gasteiger partial charge >= 0.3 is 0 Å². The van der Waals surface area contributed by atoms with Crippen LogP contribution in [0.2, 0.25) is 10.0 Å². The quantitative estimate of drug-likeness (QED) is 0.466. The molecular weight excluding hydrogens is 457 g/mol. The molecule has 1 atom stereocenters. The predicted molar refractivity (Wildman–Crippen MR) is 132 cm³/mol. The standard InChI is InChI=1S/C26H27Cl2N3O2/c27-21-10-8-19(9-11-21)25(23-6-3-4-14-30-23)31(26(32)20-12-15-29-16-13-20)17-18-33-24-7-2-1-5-22(24)28/h1-11,14,20,25,29H,12-13,15-18H2. The number of hydrogen-bond donors (Lipinski definition) is 1. The largest absolute Gasteiger partial charge is 0.490 e. The molecule has 0 saturated carbocycles. The molecule has 172 valence electrons. The maximum Gasteiger partial charge on any atom is 0.226 e. The molecule has 0 spiro atoms. The lowest BCUT2D eigenvalue weighted by atomic mass is 9.93. The van der Waals surface area contributed by atoms with Crippen LogP contribution >= 0.6 is 23.2 Å². The molecule has 1 unspecified atom stereocenters.